The van der Waals surface area contributed by atoms with Gasteiger partial charge in [0, 0.05) is 18.9 Å². The summed E-state index contributed by atoms with van der Waals surface area (Å²) in [5.74, 6) is -0.848. The van der Waals surface area contributed by atoms with E-state index in [-0.39, 0.29) is 12.5 Å². The summed E-state index contributed by atoms with van der Waals surface area (Å²) in [5, 5.41) is 12.2. The molecule has 0 aliphatic carbocycles. The Morgan fingerprint density at radius 1 is 1.32 bits per heavy atom. The molecule has 22 heavy (non-hydrogen) atoms. The van der Waals surface area contributed by atoms with Crippen LogP contribution in [0.15, 0.2) is 18.5 Å². The van der Waals surface area contributed by atoms with Crippen molar-refractivity contribution >= 4 is 23.2 Å². The van der Waals surface area contributed by atoms with E-state index in [9.17, 15) is 9.59 Å². The minimum atomic E-state index is -1.03. The molecule has 0 atom stereocenters. The van der Waals surface area contributed by atoms with Crippen molar-refractivity contribution in [3.05, 3.63) is 29.0 Å². The van der Waals surface area contributed by atoms with Gasteiger partial charge in [0.25, 0.3) is 5.91 Å². The molecule has 0 bridgehead atoms. The Morgan fingerprint density at radius 2 is 1.95 bits per heavy atom. The second kappa shape index (κ2) is 6.18. The molecule has 2 rings (SSSR count). The summed E-state index contributed by atoms with van der Waals surface area (Å²) in [7, 11) is 0. The summed E-state index contributed by atoms with van der Waals surface area (Å²) >= 11 is 1.18. The molecule has 2 aromatic heterocycles. The minimum Gasteiger partial charge on any atom is -0.481 e. The van der Waals surface area contributed by atoms with E-state index in [4.69, 9.17) is 5.11 Å². The average Bonchev–Trinajstić information content (AvgIpc) is 2.88. The van der Waals surface area contributed by atoms with Crippen LogP contribution in [0.5, 0.6) is 0 Å². The van der Waals surface area contributed by atoms with E-state index in [1.807, 2.05) is 0 Å². The molecule has 7 nitrogen and oxygen atoms in total. The van der Waals surface area contributed by atoms with E-state index in [0.717, 1.165) is 0 Å². The first-order valence-corrected chi connectivity index (χ1v) is 7.39. The van der Waals surface area contributed by atoms with Gasteiger partial charge in [-0.15, -0.1) is 11.3 Å². The highest BCUT2D eigenvalue weighted by atomic mass is 32.1. The van der Waals surface area contributed by atoms with Crippen LogP contribution in [0.4, 0.5) is 0 Å². The molecule has 116 valence electrons. The summed E-state index contributed by atoms with van der Waals surface area (Å²) in [5.41, 5.74) is -0.460. The molecule has 0 unspecified atom stereocenters. The number of hydrogen-bond donors (Lipinski definition) is 2. The molecule has 0 saturated heterocycles. The second-order valence-corrected chi connectivity index (χ2v) is 6.38. The van der Waals surface area contributed by atoms with E-state index >= 15 is 0 Å². The smallest absolute Gasteiger partial charge is 0.310 e. The zero-order valence-corrected chi connectivity index (χ0v) is 13.3. The van der Waals surface area contributed by atoms with Gasteiger partial charge in [-0.25, -0.2) is 15.0 Å². The molecular weight excluding hydrogens is 304 g/mol. The van der Waals surface area contributed by atoms with Crippen molar-refractivity contribution in [2.45, 2.75) is 20.8 Å². The Balaban J connectivity index is 2.15. The predicted octanol–water partition coefficient (Wildman–Crippen LogP) is 1.75. The van der Waals surface area contributed by atoms with E-state index in [1.54, 1.807) is 39.2 Å². The minimum absolute atomic E-state index is 0.0374. The highest BCUT2D eigenvalue weighted by molar-refractivity contribution is 7.17. The summed E-state index contributed by atoms with van der Waals surface area (Å²) in [4.78, 5) is 36.2. The second-order valence-electron chi connectivity index (χ2n) is 5.38. The lowest BCUT2D eigenvalue weighted by molar-refractivity contribution is -0.146. The maximum Gasteiger partial charge on any atom is 0.310 e. The number of amides is 1. The van der Waals surface area contributed by atoms with Gasteiger partial charge in [-0.1, -0.05) is 0 Å². The first kappa shape index (κ1) is 16.0. The number of nitrogens with zero attached hydrogens (tertiary/aromatic N) is 3. The number of carbonyl (C=O) groups excluding carboxylic acids is 1. The number of nitrogens with one attached hydrogen (secondary N) is 1. The Labute approximate surface area is 131 Å². The van der Waals surface area contributed by atoms with Crippen LogP contribution in [-0.2, 0) is 4.79 Å². The van der Waals surface area contributed by atoms with Crippen LogP contribution in [0.2, 0.25) is 0 Å². The fourth-order valence-corrected chi connectivity index (χ4v) is 2.50. The lowest BCUT2D eigenvalue weighted by atomic mass is 9.94. The van der Waals surface area contributed by atoms with Gasteiger partial charge >= 0.3 is 5.97 Å². The fourth-order valence-electron chi connectivity index (χ4n) is 1.57. The summed E-state index contributed by atoms with van der Waals surface area (Å²) in [6.07, 6.45) is 3.21. The van der Waals surface area contributed by atoms with Gasteiger partial charge in [0.05, 0.1) is 11.1 Å². The third-order valence-corrected chi connectivity index (χ3v) is 4.18. The maximum absolute atomic E-state index is 12.2. The zero-order chi connectivity index (χ0) is 16.3. The number of carboxylic acid groups (broad SMARTS) is 1. The van der Waals surface area contributed by atoms with Crippen LogP contribution < -0.4 is 5.32 Å². The van der Waals surface area contributed by atoms with Crippen LogP contribution >= 0.6 is 11.3 Å². The number of rotatable bonds is 5. The molecule has 0 aliphatic heterocycles. The molecular formula is C14H16N4O3S. The van der Waals surface area contributed by atoms with Crippen molar-refractivity contribution < 1.29 is 14.7 Å². The van der Waals surface area contributed by atoms with Gasteiger partial charge in [0.2, 0.25) is 0 Å². The Morgan fingerprint density at radius 3 is 2.55 bits per heavy atom. The largest absolute Gasteiger partial charge is 0.481 e. The van der Waals surface area contributed by atoms with Crippen molar-refractivity contribution in [2.75, 3.05) is 6.54 Å². The van der Waals surface area contributed by atoms with Crippen molar-refractivity contribution in [2.24, 2.45) is 5.41 Å². The predicted molar refractivity (Wildman–Crippen MR) is 81.6 cm³/mol. The monoisotopic (exact) mass is 320 g/mol. The topological polar surface area (TPSA) is 105 Å². The van der Waals surface area contributed by atoms with Crippen LogP contribution in [-0.4, -0.2) is 38.5 Å². The van der Waals surface area contributed by atoms with Gasteiger partial charge in [0.15, 0.2) is 10.8 Å². The summed E-state index contributed by atoms with van der Waals surface area (Å²) in [6.45, 7) is 4.87. The van der Waals surface area contributed by atoms with E-state index in [2.05, 4.69) is 20.3 Å². The van der Waals surface area contributed by atoms with Gasteiger partial charge in [-0.05, 0) is 26.8 Å². The molecule has 0 aliphatic rings. The number of hydrogen-bond acceptors (Lipinski definition) is 6. The lowest BCUT2D eigenvalue weighted by Crippen LogP contribution is -2.38. The Kier molecular flexibility index (Phi) is 4.51. The van der Waals surface area contributed by atoms with Gasteiger partial charge in [-0.2, -0.15) is 0 Å². The molecule has 2 heterocycles. The first-order valence-electron chi connectivity index (χ1n) is 6.57. The molecule has 0 spiro atoms. The van der Waals surface area contributed by atoms with Crippen LogP contribution in [0, 0.1) is 12.3 Å². The van der Waals surface area contributed by atoms with Crippen LogP contribution in [0.1, 0.15) is 29.2 Å². The highest BCUT2D eigenvalue weighted by Crippen LogP contribution is 2.25. The normalized spacial score (nSPS) is 11.2. The van der Waals surface area contributed by atoms with Crippen molar-refractivity contribution in [3.8, 4) is 10.8 Å². The number of aromatic nitrogens is 3. The highest BCUT2D eigenvalue weighted by Gasteiger charge is 2.28. The standard InChI is InChI=1S/C14H16N4O3S/c1-8-9(11(19)17-7-14(2,3)13(20)21)22-12(18-8)10-15-5-4-6-16-10/h4-6H,7H2,1-3H3,(H,17,19)(H,20,21). The number of carbonyl (C=O) groups is 2. The van der Waals surface area contributed by atoms with E-state index in [0.29, 0.717) is 21.4 Å². The summed E-state index contributed by atoms with van der Waals surface area (Å²) < 4.78 is 0. The average molecular weight is 320 g/mol. The van der Waals surface area contributed by atoms with Gasteiger partial charge in [0.1, 0.15) is 4.88 Å². The van der Waals surface area contributed by atoms with Crippen LogP contribution in [0.3, 0.4) is 0 Å². The first-order chi connectivity index (χ1) is 10.3. The van der Waals surface area contributed by atoms with Crippen LogP contribution in [0.25, 0.3) is 10.8 Å². The molecule has 0 aromatic carbocycles. The SMILES string of the molecule is Cc1nc(-c2ncccn2)sc1C(=O)NCC(C)(C)C(=O)O. The zero-order valence-electron chi connectivity index (χ0n) is 12.5. The third-order valence-electron chi connectivity index (χ3n) is 3.03. The van der Waals surface area contributed by atoms with Crippen molar-refractivity contribution in [1.29, 1.82) is 0 Å². The summed E-state index contributed by atoms with van der Waals surface area (Å²) in [6, 6.07) is 1.70. The van der Waals surface area contributed by atoms with E-state index < -0.39 is 11.4 Å². The Hall–Kier alpha value is -2.35. The molecule has 0 saturated carbocycles. The molecule has 0 radical (unpaired) electrons. The molecule has 8 heteroatoms. The number of aliphatic carboxylic acids is 1. The number of carboxylic acids is 1. The third kappa shape index (κ3) is 3.45. The van der Waals surface area contributed by atoms with Gasteiger partial charge < -0.3 is 10.4 Å². The quantitative estimate of drug-likeness (QED) is 0.869. The number of aryl methyl sites for hydroxylation is 1. The molecule has 2 N–H and O–H groups in total. The number of thiazole rings is 1. The Bertz CT molecular complexity index is 697. The van der Waals surface area contributed by atoms with Crippen molar-refractivity contribution in [3.63, 3.8) is 0 Å². The van der Waals surface area contributed by atoms with Crippen molar-refractivity contribution in [1.82, 2.24) is 20.3 Å². The van der Waals surface area contributed by atoms with Gasteiger partial charge in [-0.3, -0.25) is 9.59 Å². The fraction of sp³-hybridized carbons (Fsp3) is 0.357. The molecule has 0 fully saturated rings. The molecule has 1 amide bonds. The lowest BCUT2D eigenvalue weighted by Gasteiger charge is -2.19. The van der Waals surface area contributed by atoms with E-state index in [1.165, 1.54) is 11.3 Å². The maximum atomic E-state index is 12.2. The molecule has 2 aromatic rings.